The molecular weight excluding hydrogens is 601 g/mol. The van der Waals surface area contributed by atoms with Gasteiger partial charge in [-0.15, -0.1) is 0 Å². The van der Waals surface area contributed by atoms with Crippen LogP contribution in [0.2, 0.25) is 0 Å². The molecule has 234 valence electrons. The molecule has 4 aromatic rings. The molecule has 1 aliphatic heterocycles. The Hall–Kier alpha value is -3.71. The second-order valence-corrected chi connectivity index (χ2v) is 15.8. The minimum atomic E-state index is -3.74. The van der Waals surface area contributed by atoms with Gasteiger partial charge in [-0.05, 0) is 74.4 Å². The molecule has 0 spiro atoms. The number of nitrogens with one attached hydrogen (secondary N) is 2. The van der Waals surface area contributed by atoms with Crippen LogP contribution in [0.5, 0.6) is 0 Å². The maximum atomic E-state index is 13.0. The maximum absolute atomic E-state index is 13.0. The summed E-state index contributed by atoms with van der Waals surface area (Å²) in [6.45, 7) is 5.53. The number of sulfonamides is 1. The Bertz CT molecular complexity index is 1840. The number of carbonyl (C=O) groups is 1. The van der Waals surface area contributed by atoms with E-state index in [1.807, 2.05) is 24.4 Å². The quantitative estimate of drug-likeness (QED) is 0.227. The molecule has 0 bridgehead atoms. The first kappa shape index (κ1) is 31.7. The number of aliphatic hydroxyl groups excluding tert-OH is 1. The Morgan fingerprint density at radius 3 is 2.43 bits per heavy atom. The smallest absolute Gasteiger partial charge is 0.261 e. The zero-order valence-electron chi connectivity index (χ0n) is 24.8. The van der Waals surface area contributed by atoms with Crippen molar-refractivity contribution in [3.05, 3.63) is 96.2 Å². The van der Waals surface area contributed by atoms with Gasteiger partial charge in [0.05, 0.1) is 22.5 Å². The molecule has 5 rings (SSSR count). The van der Waals surface area contributed by atoms with E-state index >= 15 is 0 Å². The Balaban J connectivity index is 1.16. The molecule has 1 fully saturated rings. The van der Waals surface area contributed by atoms with E-state index in [1.165, 1.54) is 12.1 Å². The molecule has 0 unspecified atom stereocenters. The number of anilines is 1. The van der Waals surface area contributed by atoms with Crippen LogP contribution in [0, 0.1) is 0 Å². The van der Waals surface area contributed by atoms with Crippen LogP contribution in [0.4, 0.5) is 5.69 Å². The van der Waals surface area contributed by atoms with E-state index in [4.69, 9.17) is 0 Å². The van der Waals surface area contributed by atoms with Crippen LogP contribution < -0.4 is 10.0 Å². The van der Waals surface area contributed by atoms with Crippen molar-refractivity contribution in [2.24, 2.45) is 0 Å². The number of carbonyl (C=O) groups excluding carboxylic acids is 1. The van der Waals surface area contributed by atoms with Gasteiger partial charge in [0.1, 0.15) is 0 Å². The number of aromatic nitrogens is 1. The molecule has 2 heterocycles. The summed E-state index contributed by atoms with van der Waals surface area (Å²) in [4.78, 5) is 14.7. The molecular formula is C32H38N4O6S2. The minimum absolute atomic E-state index is 0.000880. The standard InChI is InChI=1S/C32H38N4O6S2/c1-32(2,33-23-30(37)25-7-6-8-27(22-25)34-44(41,42)28-9-4-3-5-10-28)14-16-35-15-13-24-21-26(11-12-29(24)35)31(38)36-17-19-43(39,40)20-18-36/h3-13,15,21-22,30,33-34,37H,14,16-20,23H2,1-2H3/t30-/m0/s1. The van der Waals surface area contributed by atoms with Crippen molar-refractivity contribution in [2.45, 2.75) is 43.4 Å². The lowest BCUT2D eigenvalue weighted by molar-refractivity contribution is 0.0770. The van der Waals surface area contributed by atoms with Crippen molar-refractivity contribution in [1.29, 1.82) is 0 Å². The molecule has 3 aromatic carbocycles. The van der Waals surface area contributed by atoms with E-state index in [2.05, 4.69) is 28.5 Å². The van der Waals surface area contributed by atoms with Gasteiger partial charge in [-0.1, -0.05) is 30.3 Å². The van der Waals surface area contributed by atoms with Crippen molar-refractivity contribution < 1.29 is 26.7 Å². The molecule has 1 amide bonds. The third kappa shape index (κ3) is 7.68. The van der Waals surface area contributed by atoms with Gasteiger partial charge in [-0.3, -0.25) is 9.52 Å². The second kappa shape index (κ2) is 12.7. The third-order valence-corrected chi connectivity index (χ3v) is 11.0. The summed E-state index contributed by atoms with van der Waals surface area (Å²) in [6, 6.07) is 22.4. The van der Waals surface area contributed by atoms with E-state index in [1.54, 1.807) is 53.4 Å². The van der Waals surface area contributed by atoms with Crippen LogP contribution in [0.15, 0.2) is 90.0 Å². The van der Waals surface area contributed by atoms with Crippen LogP contribution >= 0.6 is 0 Å². The molecule has 1 aromatic heterocycles. The molecule has 12 heteroatoms. The van der Waals surface area contributed by atoms with Crippen molar-refractivity contribution in [1.82, 2.24) is 14.8 Å². The van der Waals surface area contributed by atoms with Gasteiger partial charge in [-0.2, -0.15) is 0 Å². The fourth-order valence-electron chi connectivity index (χ4n) is 5.23. The second-order valence-electron chi connectivity index (χ2n) is 11.8. The van der Waals surface area contributed by atoms with E-state index in [-0.39, 0.29) is 47.5 Å². The van der Waals surface area contributed by atoms with Crippen LogP contribution in [-0.4, -0.2) is 74.0 Å². The fraction of sp³-hybridized carbons (Fsp3) is 0.344. The minimum Gasteiger partial charge on any atom is -0.387 e. The van der Waals surface area contributed by atoms with Gasteiger partial charge in [0.25, 0.3) is 15.9 Å². The summed E-state index contributed by atoms with van der Waals surface area (Å²) in [5.74, 6) is -0.153. The van der Waals surface area contributed by atoms with Crippen molar-refractivity contribution in [2.75, 3.05) is 35.9 Å². The number of amides is 1. The number of hydrogen-bond acceptors (Lipinski definition) is 7. The number of fused-ring (bicyclic) bond motifs is 1. The first-order valence-corrected chi connectivity index (χ1v) is 17.8. The summed E-state index contributed by atoms with van der Waals surface area (Å²) < 4.78 is 53.5. The van der Waals surface area contributed by atoms with Crippen molar-refractivity contribution in [3.8, 4) is 0 Å². The van der Waals surface area contributed by atoms with Crippen molar-refractivity contribution in [3.63, 3.8) is 0 Å². The number of aliphatic hydroxyl groups is 1. The van der Waals surface area contributed by atoms with Gasteiger partial charge in [0.15, 0.2) is 9.84 Å². The lowest BCUT2D eigenvalue weighted by Crippen LogP contribution is -2.43. The number of aryl methyl sites for hydroxylation is 1. The lowest BCUT2D eigenvalue weighted by atomic mass is 9.99. The average molecular weight is 639 g/mol. The summed E-state index contributed by atoms with van der Waals surface area (Å²) in [6.07, 6.45) is 1.89. The molecule has 0 radical (unpaired) electrons. The Morgan fingerprint density at radius 2 is 1.70 bits per heavy atom. The van der Waals surface area contributed by atoms with Crippen LogP contribution in [-0.2, 0) is 26.4 Å². The summed E-state index contributed by atoms with van der Waals surface area (Å²) >= 11 is 0. The highest BCUT2D eigenvalue weighted by Gasteiger charge is 2.26. The number of sulfone groups is 1. The Labute approximate surface area is 258 Å². The highest BCUT2D eigenvalue weighted by Crippen LogP contribution is 2.24. The van der Waals surface area contributed by atoms with E-state index in [9.17, 15) is 26.7 Å². The summed E-state index contributed by atoms with van der Waals surface area (Å²) in [5, 5.41) is 15.3. The van der Waals surface area contributed by atoms with E-state index in [0.29, 0.717) is 23.4 Å². The number of rotatable bonds is 11. The van der Waals surface area contributed by atoms with E-state index in [0.717, 1.165) is 17.3 Å². The van der Waals surface area contributed by atoms with E-state index < -0.39 is 26.0 Å². The monoisotopic (exact) mass is 638 g/mol. The van der Waals surface area contributed by atoms with Gasteiger partial charge < -0.3 is 19.9 Å². The van der Waals surface area contributed by atoms with Gasteiger partial charge >= 0.3 is 0 Å². The molecule has 3 N–H and O–H groups in total. The maximum Gasteiger partial charge on any atom is 0.261 e. The molecule has 1 aliphatic rings. The summed E-state index contributed by atoms with van der Waals surface area (Å²) in [7, 11) is -6.80. The molecule has 1 atom stereocenters. The van der Waals surface area contributed by atoms with Gasteiger partial charge in [-0.25, -0.2) is 16.8 Å². The van der Waals surface area contributed by atoms with Crippen LogP contribution in [0.25, 0.3) is 10.9 Å². The lowest BCUT2D eigenvalue weighted by Gasteiger charge is -2.28. The molecule has 0 saturated carbocycles. The first-order chi connectivity index (χ1) is 20.8. The predicted octanol–water partition coefficient (Wildman–Crippen LogP) is 3.80. The normalized spacial score (nSPS) is 16.1. The van der Waals surface area contributed by atoms with Crippen LogP contribution in [0.1, 0.15) is 42.3 Å². The molecule has 44 heavy (non-hydrogen) atoms. The van der Waals surface area contributed by atoms with Gasteiger partial charge in [0.2, 0.25) is 0 Å². The Morgan fingerprint density at radius 1 is 0.977 bits per heavy atom. The SMILES string of the molecule is CC(C)(CCn1ccc2cc(C(=O)N3CCS(=O)(=O)CC3)ccc21)NC[C@H](O)c1cccc(NS(=O)(=O)c2ccccc2)c1. The fourth-order valence-corrected chi connectivity index (χ4v) is 7.50. The van der Waals surface area contributed by atoms with Crippen molar-refractivity contribution >= 4 is 42.4 Å². The largest absolute Gasteiger partial charge is 0.387 e. The predicted molar refractivity (Wildman–Crippen MR) is 172 cm³/mol. The third-order valence-electron chi connectivity index (χ3n) is 7.98. The summed E-state index contributed by atoms with van der Waals surface area (Å²) in [5.41, 5.74) is 2.18. The topological polar surface area (TPSA) is 138 Å². The highest BCUT2D eigenvalue weighted by molar-refractivity contribution is 7.92. The zero-order chi connectivity index (χ0) is 31.5. The average Bonchev–Trinajstić information content (AvgIpc) is 3.41. The number of benzene rings is 3. The zero-order valence-corrected chi connectivity index (χ0v) is 26.4. The molecule has 0 aliphatic carbocycles. The molecule has 1 saturated heterocycles. The first-order valence-electron chi connectivity index (χ1n) is 14.5. The number of β-amino-alcohol motifs (C(OH)–C–C–N with tert-alkyl or cyclic N) is 1. The van der Waals surface area contributed by atoms with Crippen LogP contribution in [0.3, 0.4) is 0 Å². The highest BCUT2D eigenvalue weighted by atomic mass is 32.2. The number of hydrogen-bond donors (Lipinski definition) is 3. The number of nitrogens with zero attached hydrogens (tertiary/aromatic N) is 2. The molecule has 10 nitrogen and oxygen atoms in total. The Kier molecular flexibility index (Phi) is 9.17. The van der Waals surface area contributed by atoms with Gasteiger partial charge in [0, 0.05) is 60.1 Å².